The standard InChI is InChI=1S/C10H14ClNO2/c1-14-7-9(13)3-2-8-4-5-12-6-10(8)11/h4-6,9,13H,2-3,7H2,1H3. The van der Waals surface area contributed by atoms with Crippen LogP contribution in [0.1, 0.15) is 12.0 Å². The summed E-state index contributed by atoms with van der Waals surface area (Å²) in [6, 6.07) is 1.86. The number of aryl methyl sites for hydroxylation is 1. The summed E-state index contributed by atoms with van der Waals surface area (Å²) in [5, 5.41) is 10.1. The van der Waals surface area contributed by atoms with Crippen molar-refractivity contribution in [1.29, 1.82) is 0 Å². The third-order valence-corrected chi connectivity index (χ3v) is 2.30. The lowest BCUT2D eigenvalue weighted by atomic mass is 10.1. The molecule has 4 heteroatoms. The lowest BCUT2D eigenvalue weighted by molar-refractivity contribution is 0.0595. The number of halogens is 1. The zero-order chi connectivity index (χ0) is 10.4. The third kappa shape index (κ3) is 3.62. The smallest absolute Gasteiger partial charge is 0.0776 e. The monoisotopic (exact) mass is 215 g/mol. The summed E-state index contributed by atoms with van der Waals surface area (Å²) in [5.41, 5.74) is 1.01. The Morgan fingerprint density at radius 1 is 1.64 bits per heavy atom. The first-order chi connectivity index (χ1) is 6.74. The largest absolute Gasteiger partial charge is 0.391 e. The van der Waals surface area contributed by atoms with Crippen molar-refractivity contribution >= 4 is 11.6 Å². The fourth-order valence-electron chi connectivity index (χ4n) is 1.20. The average molecular weight is 216 g/mol. The zero-order valence-electron chi connectivity index (χ0n) is 8.11. The molecule has 0 aromatic carbocycles. The van der Waals surface area contributed by atoms with Crippen molar-refractivity contribution in [2.75, 3.05) is 13.7 Å². The van der Waals surface area contributed by atoms with E-state index >= 15 is 0 Å². The van der Waals surface area contributed by atoms with Crippen LogP contribution in [-0.2, 0) is 11.2 Å². The number of aliphatic hydroxyl groups excluding tert-OH is 1. The summed E-state index contributed by atoms with van der Waals surface area (Å²) < 4.78 is 4.83. The Labute approximate surface area is 88.7 Å². The van der Waals surface area contributed by atoms with Gasteiger partial charge in [0, 0.05) is 19.5 Å². The van der Waals surface area contributed by atoms with E-state index in [-0.39, 0.29) is 0 Å². The van der Waals surface area contributed by atoms with Crippen LogP contribution < -0.4 is 0 Å². The Bertz CT molecular complexity index is 281. The molecule has 0 spiro atoms. The molecular formula is C10H14ClNO2. The molecule has 0 saturated carbocycles. The van der Waals surface area contributed by atoms with Gasteiger partial charge in [0.05, 0.1) is 17.7 Å². The molecule has 0 fully saturated rings. The molecule has 1 N–H and O–H groups in total. The van der Waals surface area contributed by atoms with Crippen molar-refractivity contribution < 1.29 is 9.84 Å². The van der Waals surface area contributed by atoms with E-state index in [1.807, 2.05) is 6.07 Å². The summed E-state index contributed by atoms with van der Waals surface area (Å²) >= 11 is 5.91. The fraction of sp³-hybridized carbons (Fsp3) is 0.500. The minimum Gasteiger partial charge on any atom is -0.391 e. The van der Waals surface area contributed by atoms with E-state index in [9.17, 15) is 5.11 Å². The van der Waals surface area contributed by atoms with Crippen molar-refractivity contribution in [3.8, 4) is 0 Å². The molecule has 1 unspecified atom stereocenters. The summed E-state index contributed by atoms with van der Waals surface area (Å²) in [7, 11) is 1.57. The summed E-state index contributed by atoms with van der Waals surface area (Å²) in [4.78, 5) is 3.89. The average Bonchev–Trinajstić information content (AvgIpc) is 2.17. The maximum atomic E-state index is 9.42. The molecule has 0 amide bonds. The predicted octanol–water partition coefficient (Wildman–Crippen LogP) is 1.67. The Kier molecular flexibility index (Phi) is 4.87. The number of hydrogen-bond acceptors (Lipinski definition) is 3. The first-order valence-electron chi connectivity index (χ1n) is 4.49. The van der Waals surface area contributed by atoms with Crippen molar-refractivity contribution in [1.82, 2.24) is 4.98 Å². The number of methoxy groups -OCH3 is 1. The van der Waals surface area contributed by atoms with Crippen LogP contribution in [0.25, 0.3) is 0 Å². The Balaban J connectivity index is 2.41. The van der Waals surface area contributed by atoms with E-state index in [0.29, 0.717) is 18.1 Å². The lowest BCUT2D eigenvalue weighted by Gasteiger charge is -2.09. The molecule has 0 aliphatic heterocycles. The molecule has 1 atom stereocenters. The quantitative estimate of drug-likeness (QED) is 0.813. The topological polar surface area (TPSA) is 42.4 Å². The second-order valence-electron chi connectivity index (χ2n) is 3.11. The number of ether oxygens (including phenoxy) is 1. The number of aliphatic hydroxyl groups is 1. The van der Waals surface area contributed by atoms with Gasteiger partial charge in [-0.25, -0.2) is 0 Å². The molecule has 0 aliphatic rings. The maximum absolute atomic E-state index is 9.42. The van der Waals surface area contributed by atoms with Gasteiger partial charge in [0.1, 0.15) is 0 Å². The minimum absolute atomic E-state index is 0.364. The maximum Gasteiger partial charge on any atom is 0.0776 e. The molecule has 0 saturated heterocycles. The van der Waals surface area contributed by atoms with E-state index in [0.717, 1.165) is 12.0 Å². The van der Waals surface area contributed by atoms with E-state index in [4.69, 9.17) is 16.3 Å². The van der Waals surface area contributed by atoms with Crippen molar-refractivity contribution in [2.24, 2.45) is 0 Å². The van der Waals surface area contributed by atoms with Gasteiger partial charge < -0.3 is 9.84 Å². The molecule has 1 heterocycles. The van der Waals surface area contributed by atoms with Crippen LogP contribution in [0.5, 0.6) is 0 Å². The molecule has 78 valence electrons. The molecule has 0 radical (unpaired) electrons. The van der Waals surface area contributed by atoms with Gasteiger partial charge in [-0.15, -0.1) is 0 Å². The first kappa shape index (κ1) is 11.4. The minimum atomic E-state index is -0.427. The lowest BCUT2D eigenvalue weighted by Crippen LogP contribution is -2.14. The number of pyridine rings is 1. The number of aromatic nitrogens is 1. The molecular weight excluding hydrogens is 202 g/mol. The highest BCUT2D eigenvalue weighted by atomic mass is 35.5. The van der Waals surface area contributed by atoms with Gasteiger partial charge in [0.25, 0.3) is 0 Å². The van der Waals surface area contributed by atoms with Crippen LogP contribution in [0, 0.1) is 0 Å². The molecule has 1 aromatic rings. The number of hydrogen-bond donors (Lipinski definition) is 1. The van der Waals surface area contributed by atoms with Gasteiger partial charge in [-0.1, -0.05) is 11.6 Å². The van der Waals surface area contributed by atoms with Crippen molar-refractivity contribution in [3.63, 3.8) is 0 Å². The van der Waals surface area contributed by atoms with Gasteiger partial charge in [0.2, 0.25) is 0 Å². The highest BCUT2D eigenvalue weighted by Gasteiger charge is 2.05. The second-order valence-corrected chi connectivity index (χ2v) is 3.52. The zero-order valence-corrected chi connectivity index (χ0v) is 8.87. The van der Waals surface area contributed by atoms with Crippen molar-refractivity contribution in [3.05, 3.63) is 29.0 Å². The molecule has 3 nitrogen and oxygen atoms in total. The van der Waals surface area contributed by atoms with Crippen LogP contribution in [0.4, 0.5) is 0 Å². The summed E-state index contributed by atoms with van der Waals surface area (Å²) in [6.45, 7) is 0.364. The van der Waals surface area contributed by atoms with Crippen LogP contribution in [-0.4, -0.2) is 29.9 Å². The Hall–Kier alpha value is -0.640. The second kappa shape index (κ2) is 5.96. The fourth-order valence-corrected chi connectivity index (χ4v) is 1.42. The molecule has 0 bridgehead atoms. The highest BCUT2D eigenvalue weighted by Crippen LogP contribution is 2.15. The van der Waals surface area contributed by atoms with E-state index in [1.165, 1.54) is 0 Å². The predicted molar refractivity (Wildman–Crippen MR) is 55.5 cm³/mol. The van der Waals surface area contributed by atoms with E-state index < -0.39 is 6.10 Å². The summed E-state index contributed by atoms with van der Waals surface area (Å²) in [5.74, 6) is 0. The highest BCUT2D eigenvalue weighted by molar-refractivity contribution is 6.31. The molecule has 14 heavy (non-hydrogen) atoms. The van der Waals surface area contributed by atoms with Crippen molar-refractivity contribution in [2.45, 2.75) is 18.9 Å². The van der Waals surface area contributed by atoms with Gasteiger partial charge in [-0.05, 0) is 24.5 Å². The van der Waals surface area contributed by atoms with Gasteiger partial charge in [-0.2, -0.15) is 0 Å². The van der Waals surface area contributed by atoms with Crippen LogP contribution >= 0.6 is 11.6 Å². The molecule has 1 aromatic heterocycles. The summed E-state index contributed by atoms with van der Waals surface area (Å²) in [6.07, 6.45) is 4.27. The number of rotatable bonds is 5. The van der Waals surface area contributed by atoms with Crippen LogP contribution in [0.2, 0.25) is 5.02 Å². The first-order valence-corrected chi connectivity index (χ1v) is 4.87. The van der Waals surface area contributed by atoms with E-state index in [1.54, 1.807) is 19.5 Å². The Morgan fingerprint density at radius 3 is 3.07 bits per heavy atom. The molecule has 0 aliphatic carbocycles. The Morgan fingerprint density at radius 2 is 2.43 bits per heavy atom. The van der Waals surface area contributed by atoms with Gasteiger partial charge >= 0.3 is 0 Å². The van der Waals surface area contributed by atoms with Crippen LogP contribution in [0.3, 0.4) is 0 Å². The van der Waals surface area contributed by atoms with Gasteiger partial charge in [-0.3, -0.25) is 4.98 Å². The van der Waals surface area contributed by atoms with Gasteiger partial charge in [0.15, 0.2) is 0 Å². The molecule has 1 rings (SSSR count). The van der Waals surface area contributed by atoms with Crippen LogP contribution in [0.15, 0.2) is 18.5 Å². The third-order valence-electron chi connectivity index (χ3n) is 1.96. The van der Waals surface area contributed by atoms with E-state index in [2.05, 4.69) is 4.98 Å². The SMILES string of the molecule is COCC(O)CCc1ccncc1Cl. The number of nitrogens with zero attached hydrogens (tertiary/aromatic N) is 1. The normalized spacial score (nSPS) is 12.8.